The molecule has 0 fully saturated rings. The first-order valence-corrected chi connectivity index (χ1v) is 11.0. The van der Waals surface area contributed by atoms with Crippen molar-refractivity contribution in [2.45, 2.75) is 44.8 Å². The summed E-state index contributed by atoms with van der Waals surface area (Å²) in [6, 6.07) is 20.0. The molecule has 0 radical (unpaired) electrons. The molecule has 4 nitrogen and oxygen atoms in total. The van der Waals surface area contributed by atoms with Crippen molar-refractivity contribution in [3.8, 4) is 11.5 Å². The number of anilines is 1. The normalized spacial score (nSPS) is 20.6. The van der Waals surface area contributed by atoms with Gasteiger partial charge in [-0.05, 0) is 56.2 Å². The lowest BCUT2D eigenvalue weighted by Gasteiger charge is -2.43. The average Bonchev–Trinajstić information content (AvgIpc) is 2.98. The molecule has 1 atom stereocenters. The fraction of sp³-hybridized carbons (Fsp3) is 0.296. The highest BCUT2D eigenvalue weighted by Gasteiger charge is 2.58. The van der Waals surface area contributed by atoms with Gasteiger partial charge in [0.1, 0.15) is 28.3 Å². The zero-order chi connectivity index (χ0) is 22.5. The summed E-state index contributed by atoms with van der Waals surface area (Å²) in [7, 11) is 0. The van der Waals surface area contributed by atoms with Gasteiger partial charge in [-0.25, -0.2) is 4.39 Å². The SMILES string of the molecule is CCOc1ccc2c(c1)OC(C)(C)CC21C(=O)N(Cc2ccc(F)cc2)c2ccccc21. The van der Waals surface area contributed by atoms with Crippen LogP contribution in [0, 0.1) is 5.82 Å². The van der Waals surface area contributed by atoms with E-state index in [1.807, 2.05) is 68.1 Å². The molecule has 2 aliphatic rings. The Morgan fingerprint density at radius 2 is 1.78 bits per heavy atom. The zero-order valence-electron chi connectivity index (χ0n) is 18.5. The number of fused-ring (bicyclic) bond motifs is 4. The van der Waals surface area contributed by atoms with Crippen LogP contribution in [0.5, 0.6) is 11.5 Å². The van der Waals surface area contributed by atoms with E-state index in [1.54, 1.807) is 12.1 Å². The van der Waals surface area contributed by atoms with Crippen LogP contribution in [0.2, 0.25) is 0 Å². The van der Waals surface area contributed by atoms with E-state index < -0.39 is 11.0 Å². The summed E-state index contributed by atoms with van der Waals surface area (Å²) in [5.41, 5.74) is 2.21. The van der Waals surface area contributed by atoms with Gasteiger partial charge in [0.15, 0.2) is 0 Å². The molecular weight excluding hydrogens is 405 g/mol. The number of benzene rings is 3. The van der Waals surface area contributed by atoms with Crippen LogP contribution in [0.15, 0.2) is 66.7 Å². The minimum atomic E-state index is -0.849. The maximum absolute atomic E-state index is 14.2. The second-order valence-electron chi connectivity index (χ2n) is 9.07. The third kappa shape index (κ3) is 3.15. The van der Waals surface area contributed by atoms with Crippen molar-refractivity contribution in [1.29, 1.82) is 0 Å². The zero-order valence-corrected chi connectivity index (χ0v) is 18.5. The number of ether oxygens (including phenoxy) is 2. The van der Waals surface area contributed by atoms with E-state index in [4.69, 9.17) is 9.47 Å². The van der Waals surface area contributed by atoms with E-state index in [2.05, 4.69) is 0 Å². The fourth-order valence-corrected chi connectivity index (χ4v) is 5.15. The Hall–Kier alpha value is -3.34. The van der Waals surface area contributed by atoms with Crippen molar-refractivity contribution < 1.29 is 18.7 Å². The lowest BCUT2D eigenvalue weighted by molar-refractivity contribution is -0.124. The minimum Gasteiger partial charge on any atom is -0.494 e. The van der Waals surface area contributed by atoms with Crippen molar-refractivity contribution in [2.75, 3.05) is 11.5 Å². The molecule has 32 heavy (non-hydrogen) atoms. The van der Waals surface area contributed by atoms with Gasteiger partial charge in [0.25, 0.3) is 0 Å². The quantitative estimate of drug-likeness (QED) is 0.538. The molecule has 1 spiro atoms. The predicted molar refractivity (Wildman–Crippen MR) is 122 cm³/mol. The fourth-order valence-electron chi connectivity index (χ4n) is 5.15. The van der Waals surface area contributed by atoms with Crippen LogP contribution < -0.4 is 14.4 Å². The summed E-state index contributed by atoms with van der Waals surface area (Å²) in [5.74, 6) is 1.13. The number of carbonyl (C=O) groups is 1. The van der Waals surface area contributed by atoms with Gasteiger partial charge in [-0.3, -0.25) is 4.79 Å². The van der Waals surface area contributed by atoms with Crippen LogP contribution in [0.25, 0.3) is 0 Å². The second-order valence-corrected chi connectivity index (χ2v) is 9.07. The molecule has 0 saturated heterocycles. The van der Waals surface area contributed by atoms with Gasteiger partial charge in [-0.15, -0.1) is 0 Å². The van der Waals surface area contributed by atoms with E-state index in [-0.39, 0.29) is 11.7 Å². The van der Waals surface area contributed by atoms with Crippen molar-refractivity contribution in [3.05, 3.63) is 89.2 Å². The number of hydrogen-bond donors (Lipinski definition) is 0. The van der Waals surface area contributed by atoms with Crippen molar-refractivity contribution in [3.63, 3.8) is 0 Å². The second kappa shape index (κ2) is 7.37. The summed E-state index contributed by atoms with van der Waals surface area (Å²) in [6.45, 7) is 6.91. The molecule has 0 bridgehead atoms. The highest BCUT2D eigenvalue weighted by atomic mass is 19.1. The maximum atomic E-state index is 14.2. The highest BCUT2D eigenvalue weighted by Crippen LogP contribution is 2.56. The van der Waals surface area contributed by atoms with Gasteiger partial charge in [-0.1, -0.05) is 36.4 Å². The molecule has 3 aromatic carbocycles. The minimum absolute atomic E-state index is 0.0183. The van der Waals surface area contributed by atoms with Crippen molar-refractivity contribution in [1.82, 2.24) is 0 Å². The standard InChI is InChI=1S/C27H26FNO3/c1-4-31-20-13-14-22-24(15-20)32-26(2,3)17-27(22)21-7-5-6-8-23(21)29(25(27)30)16-18-9-11-19(28)12-10-18/h5-15H,4,16-17H2,1-3H3. The Bertz CT molecular complexity index is 1190. The Balaban J connectivity index is 1.67. The van der Waals surface area contributed by atoms with E-state index in [0.29, 0.717) is 25.3 Å². The Labute approximate surface area is 187 Å². The molecule has 3 aromatic rings. The van der Waals surface area contributed by atoms with E-state index in [0.717, 1.165) is 28.1 Å². The van der Waals surface area contributed by atoms with Crippen LogP contribution in [0.1, 0.15) is 43.9 Å². The first-order chi connectivity index (χ1) is 15.3. The molecule has 2 aliphatic heterocycles. The van der Waals surface area contributed by atoms with Crippen LogP contribution in [-0.2, 0) is 16.8 Å². The number of carbonyl (C=O) groups excluding carboxylic acids is 1. The predicted octanol–water partition coefficient (Wildman–Crippen LogP) is 5.62. The molecule has 5 heteroatoms. The first kappa shape index (κ1) is 20.6. The summed E-state index contributed by atoms with van der Waals surface area (Å²) in [5, 5.41) is 0. The van der Waals surface area contributed by atoms with Crippen LogP contribution in [-0.4, -0.2) is 18.1 Å². The molecular formula is C27H26FNO3. The lowest BCUT2D eigenvalue weighted by Crippen LogP contribution is -2.50. The molecule has 0 aliphatic carbocycles. The van der Waals surface area contributed by atoms with E-state index in [9.17, 15) is 9.18 Å². The number of rotatable bonds is 4. The van der Waals surface area contributed by atoms with Crippen molar-refractivity contribution in [2.24, 2.45) is 0 Å². The Kier molecular flexibility index (Phi) is 4.73. The van der Waals surface area contributed by atoms with E-state index >= 15 is 0 Å². The summed E-state index contributed by atoms with van der Waals surface area (Å²) in [6.07, 6.45) is 0.525. The van der Waals surface area contributed by atoms with Crippen molar-refractivity contribution >= 4 is 11.6 Å². The van der Waals surface area contributed by atoms with Crippen LogP contribution in [0.3, 0.4) is 0 Å². The van der Waals surface area contributed by atoms with E-state index in [1.165, 1.54) is 12.1 Å². The van der Waals surface area contributed by atoms with Gasteiger partial charge in [0.2, 0.25) is 5.91 Å². The van der Waals surface area contributed by atoms with Gasteiger partial charge in [0.05, 0.1) is 13.2 Å². The Morgan fingerprint density at radius 3 is 2.53 bits per heavy atom. The van der Waals surface area contributed by atoms with Crippen LogP contribution in [0.4, 0.5) is 10.1 Å². The molecule has 0 aromatic heterocycles. The van der Waals surface area contributed by atoms with Gasteiger partial charge in [0, 0.05) is 23.7 Å². The third-order valence-electron chi connectivity index (χ3n) is 6.32. The van der Waals surface area contributed by atoms with Gasteiger partial charge < -0.3 is 14.4 Å². The first-order valence-electron chi connectivity index (χ1n) is 11.0. The maximum Gasteiger partial charge on any atom is 0.242 e. The smallest absolute Gasteiger partial charge is 0.242 e. The van der Waals surface area contributed by atoms with Crippen LogP contribution >= 0.6 is 0 Å². The molecule has 0 N–H and O–H groups in total. The van der Waals surface area contributed by atoms with Gasteiger partial charge in [-0.2, -0.15) is 0 Å². The molecule has 5 rings (SSSR count). The molecule has 0 saturated carbocycles. The molecule has 2 heterocycles. The Morgan fingerprint density at radius 1 is 1.03 bits per heavy atom. The number of hydrogen-bond acceptors (Lipinski definition) is 3. The molecule has 1 unspecified atom stereocenters. The average molecular weight is 432 g/mol. The molecule has 164 valence electrons. The summed E-state index contributed by atoms with van der Waals surface area (Å²) in [4.78, 5) is 16.1. The van der Waals surface area contributed by atoms with Gasteiger partial charge >= 0.3 is 0 Å². The summed E-state index contributed by atoms with van der Waals surface area (Å²) >= 11 is 0. The molecule has 1 amide bonds. The number of nitrogens with zero attached hydrogens (tertiary/aromatic N) is 1. The topological polar surface area (TPSA) is 38.8 Å². The number of amides is 1. The number of para-hydroxylation sites is 1. The monoisotopic (exact) mass is 431 g/mol. The largest absolute Gasteiger partial charge is 0.494 e. The third-order valence-corrected chi connectivity index (χ3v) is 6.32. The summed E-state index contributed by atoms with van der Waals surface area (Å²) < 4.78 is 25.5. The lowest BCUT2D eigenvalue weighted by atomic mass is 9.67. The highest BCUT2D eigenvalue weighted by molar-refractivity contribution is 6.11. The number of halogens is 1.